The van der Waals surface area contributed by atoms with Crippen molar-refractivity contribution in [2.45, 2.75) is 0 Å². The van der Waals surface area contributed by atoms with Crippen LogP contribution in [0.25, 0.3) is 0 Å². The number of rotatable bonds is 5. The highest BCUT2D eigenvalue weighted by molar-refractivity contribution is 6.34. The van der Waals surface area contributed by atoms with Crippen molar-refractivity contribution in [3.8, 4) is 5.75 Å². The van der Waals surface area contributed by atoms with E-state index in [2.05, 4.69) is 0 Å². The minimum Gasteiger partial charge on any atom is -0.497 e. The van der Waals surface area contributed by atoms with Gasteiger partial charge in [0.05, 0.1) is 17.7 Å². The fourth-order valence-electron chi connectivity index (χ4n) is 1.71. The van der Waals surface area contributed by atoms with Gasteiger partial charge < -0.3 is 9.47 Å². The van der Waals surface area contributed by atoms with Gasteiger partial charge in [-0.15, -0.1) is 0 Å². The van der Waals surface area contributed by atoms with Crippen LogP contribution in [0, 0.1) is 0 Å². The van der Waals surface area contributed by atoms with Gasteiger partial charge in [0.15, 0.2) is 6.61 Å². The second-order valence-corrected chi connectivity index (χ2v) is 4.61. The molecule has 0 bridgehead atoms. The predicted octanol–water partition coefficient (Wildman–Crippen LogP) is 3.39. The summed E-state index contributed by atoms with van der Waals surface area (Å²) in [5, 5.41) is 0.336. The van der Waals surface area contributed by atoms with E-state index < -0.39 is 5.97 Å². The van der Waals surface area contributed by atoms with Crippen LogP contribution in [-0.2, 0) is 4.74 Å². The summed E-state index contributed by atoms with van der Waals surface area (Å²) in [6.07, 6.45) is 0. The molecule has 2 rings (SSSR count). The molecule has 0 saturated heterocycles. The number of hydrogen-bond donors (Lipinski definition) is 0. The number of carbonyl (C=O) groups excluding carboxylic acids is 2. The number of hydrogen-bond acceptors (Lipinski definition) is 4. The van der Waals surface area contributed by atoms with Crippen molar-refractivity contribution < 1.29 is 19.1 Å². The number of halogens is 1. The number of ether oxygens (including phenoxy) is 2. The topological polar surface area (TPSA) is 52.6 Å². The lowest BCUT2D eigenvalue weighted by Gasteiger charge is -2.06. The quantitative estimate of drug-likeness (QED) is 0.627. The van der Waals surface area contributed by atoms with Crippen LogP contribution in [0.1, 0.15) is 20.7 Å². The smallest absolute Gasteiger partial charge is 0.338 e. The Morgan fingerprint density at radius 2 is 1.71 bits per heavy atom. The minimum atomic E-state index is -0.571. The molecule has 0 heterocycles. The van der Waals surface area contributed by atoms with E-state index >= 15 is 0 Å². The van der Waals surface area contributed by atoms with Gasteiger partial charge in [-0.2, -0.15) is 0 Å². The summed E-state index contributed by atoms with van der Waals surface area (Å²) in [7, 11) is 1.54. The number of methoxy groups -OCH3 is 1. The lowest BCUT2D eigenvalue weighted by atomic mass is 10.1. The van der Waals surface area contributed by atoms with E-state index in [1.807, 2.05) is 0 Å². The molecule has 5 heteroatoms. The van der Waals surface area contributed by atoms with Gasteiger partial charge in [0.1, 0.15) is 5.75 Å². The van der Waals surface area contributed by atoms with Gasteiger partial charge in [0.25, 0.3) is 0 Å². The highest BCUT2D eigenvalue weighted by atomic mass is 35.5. The first kappa shape index (κ1) is 15.1. The Morgan fingerprint density at radius 3 is 2.33 bits per heavy atom. The third-order valence-corrected chi connectivity index (χ3v) is 3.16. The molecule has 2 aromatic carbocycles. The van der Waals surface area contributed by atoms with E-state index in [-0.39, 0.29) is 12.4 Å². The maximum atomic E-state index is 11.9. The van der Waals surface area contributed by atoms with Crippen LogP contribution in [0.2, 0.25) is 5.02 Å². The van der Waals surface area contributed by atoms with Crippen LogP contribution in [-0.4, -0.2) is 25.5 Å². The molecule has 0 aliphatic rings. The summed E-state index contributed by atoms with van der Waals surface area (Å²) in [6.45, 7) is -0.353. The summed E-state index contributed by atoms with van der Waals surface area (Å²) < 4.78 is 9.98. The fourth-order valence-corrected chi connectivity index (χ4v) is 1.95. The molecule has 0 saturated carbocycles. The van der Waals surface area contributed by atoms with Crippen molar-refractivity contribution in [1.82, 2.24) is 0 Å². The van der Waals surface area contributed by atoms with E-state index in [1.54, 1.807) is 48.5 Å². The normalized spacial score (nSPS) is 10.0. The highest BCUT2D eigenvalue weighted by Gasteiger charge is 2.13. The molecule has 0 fully saturated rings. The highest BCUT2D eigenvalue weighted by Crippen LogP contribution is 2.16. The van der Waals surface area contributed by atoms with Crippen LogP contribution in [0.5, 0.6) is 5.75 Å². The first-order chi connectivity index (χ1) is 10.1. The second kappa shape index (κ2) is 6.90. The largest absolute Gasteiger partial charge is 0.497 e. The summed E-state index contributed by atoms with van der Waals surface area (Å²) in [4.78, 5) is 23.7. The Kier molecular flexibility index (Phi) is 4.95. The number of benzene rings is 2. The predicted molar refractivity (Wildman–Crippen MR) is 79.1 cm³/mol. The van der Waals surface area contributed by atoms with Crippen LogP contribution in [0.4, 0.5) is 0 Å². The lowest BCUT2D eigenvalue weighted by Crippen LogP contribution is -2.14. The summed E-state index contributed by atoms with van der Waals surface area (Å²) >= 11 is 5.91. The molecule has 0 radical (unpaired) electrons. The first-order valence-electron chi connectivity index (χ1n) is 6.20. The third kappa shape index (κ3) is 3.83. The first-order valence-corrected chi connectivity index (χ1v) is 6.58. The average molecular weight is 305 g/mol. The summed E-state index contributed by atoms with van der Waals surface area (Å²) in [6, 6.07) is 13.1. The molecule has 0 atom stereocenters. The SMILES string of the molecule is COc1ccc(C(=O)OCC(=O)c2ccccc2Cl)cc1. The number of carbonyl (C=O) groups is 2. The summed E-state index contributed by atoms with van der Waals surface area (Å²) in [5.74, 6) is -0.279. The molecule has 0 unspecified atom stereocenters. The Hall–Kier alpha value is -2.33. The summed E-state index contributed by atoms with van der Waals surface area (Å²) in [5.41, 5.74) is 0.685. The number of esters is 1. The van der Waals surface area contributed by atoms with E-state index in [1.165, 1.54) is 7.11 Å². The molecule has 0 N–H and O–H groups in total. The van der Waals surface area contributed by atoms with E-state index in [9.17, 15) is 9.59 Å². The molecular weight excluding hydrogens is 292 g/mol. The van der Waals surface area contributed by atoms with Crippen molar-refractivity contribution in [2.24, 2.45) is 0 Å². The molecular formula is C16H13ClO4. The molecule has 21 heavy (non-hydrogen) atoms. The molecule has 0 spiro atoms. The van der Waals surface area contributed by atoms with Crippen LogP contribution < -0.4 is 4.74 Å². The van der Waals surface area contributed by atoms with Crippen molar-refractivity contribution in [3.63, 3.8) is 0 Å². The maximum Gasteiger partial charge on any atom is 0.338 e. The van der Waals surface area contributed by atoms with Gasteiger partial charge in [0.2, 0.25) is 5.78 Å². The van der Waals surface area contributed by atoms with Crippen LogP contribution in [0.3, 0.4) is 0 Å². The molecule has 0 aliphatic heterocycles. The zero-order valence-corrected chi connectivity index (χ0v) is 12.1. The zero-order valence-electron chi connectivity index (χ0n) is 11.3. The Bertz CT molecular complexity index is 650. The third-order valence-electron chi connectivity index (χ3n) is 2.83. The van der Waals surface area contributed by atoms with Gasteiger partial charge in [0, 0.05) is 5.56 Å². The van der Waals surface area contributed by atoms with Gasteiger partial charge in [-0.3, -0.25) is 4.79 Å². The average Bonchev–Trinajstić information content (AvgIpc) is 2.52. The van der Waals surface area contributed by atoms with Gasteiger partial charge in [-0.05, 0) is 36.4 Å². The molecule has 2 aromatic rings. The van der Waals surface area contributed by atoms with Crippen LogP contribution in [0.15, 0.2) is 48.5 Å². The van der Waals surface area contributed by atoms with Crippen LogP contribution >= 0.6 is 11.6 Å². The standard InChI is InChI=1S/C16H13ClO4/c1-20-12-8-6-11(7-9-12)16(19)21-10-15(18)13-4-2-3-5-14(13)17/h2-9H,10H2,1H3. The number of ketones is 1. The Labute approximate surface area is 127 Å². The van der Waals surface area contributed by atoms with Crippen molar-refractivity contribution in [1.29, 1.82) is 0 Å². The molecule has 4 nitrogen and oxygen atoms in total. The van der Waals surface area contributed by atoms with Crippen molar-refractivity contribution in [2.75, 3.05) is 13.7 Å². The Morgan fingerprint density at radius 1 is 1.05 bits per heavy atom. The molecule has 0 amide bonds. The zero-order chi connectivity index (χ0) is 15.2. The van der Waals surface area contributed by atoms with E-state index in [0.717, 1.165) is 0 Å². The number of Topliss-reactive ketones (excluding diaryl/α,β-unsaturated/α-hetero) is 1. The fraction of sp³-hybridized carbons (Fsp3) is 0.125. The molecule has 0 aromatic heterocycles. The molecule has 108 valence electrons. The van der Waals surface area contributed by atoms with Gasteiger partial charge in [-0.1, -0.05) is 23.7 Å². The van der Waals surface area contributed by atoms with Crippen molar-refractivity contribution in [3.05, 3.63) is 64.7 Å². The Balaban J connectivity index is 1.97. The van der Waals surface area contributed by atoms with E-state index in [4.69, 9.17) is 21.1 Å². The van der Waals surface area contributed by atoms with E-state index in [0.29, 0.717) is 21.9 Å². The minimum absolute atomic E-state index is 0.335. The molecule has 0 aliphatic carbocycles. The second-order valence-electron chi connectivity index (χ2n) is 4.21. The maximum absolute atomic E-state index is 11.9. The monoisotopic (exact) mass is 304 g/mol. The lowest BCUT2D eigenvalue weighted by molar-refractivity contribution is 0.0474. The van der Waals surface area contributed by atoms with Gasteiger partial charge >= 0.3 is 5.97 Å². The van der Waals surface area contributed by atoms with Gasteiger partial charge in [-0.25, -0.2) is 4.79 Å². The van der Waals surface area contributed by atoms with Crippen molar-refractivity contribution >= 4 is 23.4 Å².